The molecule has 0 bridgehead atoms. The van der Waals surface area contributed by atoms with Crippen LogP contribution >= 0.6 is 11.3 Å². The quantitative estimate of drug-likeness (QED) is 0.512. The molecule has 7 heteroatoms. The van der Waals surface area contributed by atoms with E-state index < -0.39 is 0 Å². The third-order valence-corrected chi connectivity index (χ3v) is 3.85. The number of rotatable bonds is 7. The fourth-order valence-corrected chi connectivity index (χ4v) is 2.49. The highest BCUT2D eigenvalue weighted by Crippen LogP contribution is 2.15. The van der Waals surface area contributed by atoms with E-state index in [9.17, 15) is 4.79 Å². The number of unbranched alkanes of at least 4 members (excludes halogenated alkanes) is 1. The van der Waals surface area contributed by atoms with Crippen LogP contribution in [0.2, 0.25) is 0 Å². The first kappa shape index (κ1) is 17.7. The SMILES string of the molecule is CCc1nnc(NC(=O)CCCC[n+]2ccccc2)s1.[Br-]. The molecule has 0 spiro atoms. The van der Waals surface area contributed by atoms with Crippen molar-refractivity contribution in [2.45, 2.75) is 39.2 Å². The molecule has 0 fully saturated rings. The van der Waals surface area contributed by atoms with Gasteiger partial charge in [-0.2, -0.15) is 0 Å². The smallest absolute Gasteiger partial charge is 0.226 e. The Bertz CT molecular complexity index is 547. The Labute approximate surface area is 139 Å². The van der Waals surface area contributed by atoms with Gasteiger partial charge in [0, 0.05) is 25.0 Å². The summed E-state index contributed by atoms with van der Waals surface area (Å²) in [6, 6.07) is 6.01. The molecule has 0 aliphatic rings. The van der Waals surface area contributed by atoms with Gasteiger partial charge in [0.15, 0.2) is 12.4 Å². The molecule has 0 aliphatic heterocycles. The second kappa shape index (κ2) is 9.57. The van der Waals surface area contributed by atoms with E-state index in [0.29, 0.717) is 11.6 Å². The number of nitrogens with one attached hydrogen (secondary N) is 1. The van der Waals surface area contributed by atoms with Crippen molar-refractivity contribution >= 4 is 22.4 Å². The zero-order valence-electron chi connectivity index (χ0n) is 12.0. The number of aromatic nitrogens is 3. The lowest BCUT2D eigenvalue weighted by Gasteiger charge is -2.00. The lowest BCUT2D eigenvalue weighted by molar-refractivity contribution is -0.697. The number of carbonyl (C=O) groups is 1. The van der Waals surface area contributed by atoms with E-state index in [1.807, 2.05) is 37.5 Å². The minimum atomic E-state index is 0. The van der Waals surface area contributed by atoms with Gasteiger partial charge < -0.3 is 22.3 Å². The van der Waals surface area contributed by atoms with Gasteiger partial charge in [-0.05, 0) is 12.8 Å². The summed E-state index contributed by atoms with van der Waals surface area (Å²) in [5, 5.41) is 12.3. The van der Waals surface area contributed by atoms with Crippen molar-refractivity contribution in [3.63, 3.8) is 0 Å². The molecule has 0 unspecified atom stereocenters. The zero-order chi connectivity index (χ0) is 14.2. The molecule has 114 valence electrons. The van der Waals surface area contributed by atoms with E-state index >= 15 is 0 Å². The lowest BCUT2D eigenvalue weighted by Crippen LogP contribution is -3.00. The Balaban J connectivity index is 0.00000220. The Morgan fingerprint density at radius 3 is 2.67 bits per heavy atom. The van der Waals surface area contributed by atoms with E-state index in [1.165, 1.54) is 11.3 Å². The van der Waals surface area contributed by atoms with Gasteiger partial charge in [-0.1, -0.05) is 24.3 Å². The maximum Gasteiger partial charge on any atom is 0.226 e. The van der Waals surface area contributed by atoms with Crippen molar-refractivity contribution in [3.8, 4) is 0 Å². The number of anilines is 1. The van der Waals surface area contributed by atoms with E-state index in [-0.39, 0.29) is 22.9 Å². The Morgan fingerprint density at radius 1 is 1.24 bits per heavy atom. The number of hydrogen-bond acceptors (Lipinski definition) is 4. The molecule has 2 aromatic rings. The molecule has 0 radical (unpaired) electrons. The molecule has 0 saturated carbocycles. The molecular weight excluding hydrogens is 352 g/mol. The van der Waals surface area contributed by atoms with E-state index in [1.54, 1.807) is 0 Å². The summed E-state index contributed by atoms with van der Waals surface area (Å²) in [5.41, 5.74) is 0. The third kappa shape index (κ3) is 6.31. The molecule has 5 nitrogen and oxygen atoms in total. The summed E-state index contributed by atoms with van der Waals surface area (Å²) in [5.74, 6) is 0.0156. The largest absolute Gasteiger partial charge is 1.00 e. The van der Waals surface area contributed by atoms with Gasteiger partial charge >= 0.3 is 0 Å². The molecule has 0 atom stereocenters. The highest BCUT2D eigenvalue weighted by Gasteiger charge is 2.07. The fourth-order valence-electron chi connectivity index (χ4n) is 1.79. The van der Waals surface area contributed by atoms with E-state index in [4.69, 9.17) is 0 Å². The van der Waals surface area contributed by atoms with Crippen molar-refractivity contribution in [1.82, 2.24) is 10.2 Å². The molecule has 2 aromatic heterocycles. The van der Waals surface area contributed by atoms with Gasteiger partial charge in [0.2, 0.25) is 11.0 Å². The topological polar surface area (TPSA) is 58.8 Å². The standard InChI is InChI=1S/C14H18N4OS.BrH/c1-2-13-16-17-14(20-13)15-12(19)8-4-7-11-18-9-5-3-6-10-18;/h3,5-6,9-10H,2,4,7-8,11H2,1H3;1H. The molecule has 0 aliphatic carbocycles. The number of amides is 1. The minimum absolute atomic E-state index is 0. The van der Waals surface area contributed by atoms with Crippen LogP contribution in [-0.2, 0) is 17.8 Å². The summed E-state index contributed by atoms with van der Waals surface area (Å²) in [6.45, 7) is 2.96. The Hall–Kier alpha value is -1.34. The molecule has 1 N–H and O–H groups in total. The van der Waals surface area contributed by atoms with Crippen LogP contribution in [0.15, 0.2) is 30.6 Å². The van der Waals surface area contributed by atoms with E-state index in [2.05, 4.69) is 20.1 Å². The first-order valence-corrected chi connectivity index (χ1v) is 7.66. The van der Waals surface area contributed by atoms with Crippen molar-refractivity contribution in [1.29, 1.82) is 0 Å². The van der Waals surface area contributed by atoms with Crippen LogP contribution < -0.4 is 26.9 Å². The molecule has 0 aromatic carbocycles. The summed E-state index contributed by atoms with van der Waals surface area (Å²) >= 11 is 1.44. The third-order valence-electron chi connectivity index (χ3n) is 2.86. The molecule has 21 heavy (non-hydrogen) atoms. The monoisotopic (exact) mass is 370 g/mol. The predicted molar refractivity (Wildman–Crippen MR) is 78.4 cm³/mol. The lowest BCUT2D eigenvalue weighted by atomic mass is 10.2. The van der Waals surface area contributed by atoms with Crippen LogP contribution in [0.3, 0.4) is 0 Å². The van der Waals surface area contributed by atoms with Gasteiger partial charge in [-0.3, -0.25) is 4.79 Å². The molecule has 2 rings (SSSR count). The maximum atomic E-state index is 11.7. The van der Waals surface area contributed by atoms with Crippen molar-refractivity contribution in [3.05, 3.63) is 35.6 Å². The van der Waals surface area contributed by atoms with Gasteiger partial charge in [0.05, 0.1) is 0 Å². The normalized spacial score (nSPS) is 9.95. The summed E-state index contributed by atoms with van der Waals surface area (Å²) < 4.78 is 2.12. The first-order valence-electron chi connectivity index (χ1n) is 6.84. The highest BCUT2D eigenvalue weighted by molar-refractivity contribution is 7.15. The Morgan fingerprint density at radius 2 is 2.00 bits per heavy atom. The average molecular weight is 371 g/mol. The van der Waals surface area contributed by atoms with Gasteiger partial charge in [0.25, 0.3) is 0 Å². The van der Waals surface area contributed by atoms with Gasteiger partial charge in [-0.15, -0.1) is 10.2 Å². The number of hydrogen-bond donors (Lipinski definition) is 1. The molecular formula is C14H19BrN4OS. The number of halogens is 1. The van der Waals surface area contributed by atoms with Crippen LogP contribution in [0.25, 0.3) is 0 Å². The van der Waals surface area contributed by atoms with Crippen LogP contribution in [0, 0.1) is 0 Å². The summed E-state index contributed by atoms with van der Waals surface area (Å²) in [4.78, 5) is 11.7. The summed E-state index contributed by atoms with van der Waals surface area (Å²) in [6.07, 6.45) is 7.29. The van der Waals surface area contributed by atoms with Crippen LogP contribution in [0.1, 0.15) is 31.2 Å². The average Bonchev–Trinajstić information content (AvgIpc) is 2.92. The van der Waals surface area contributed by atoms with Gasteiger partial charge in [0.1, 0.15) is 11.6 Å². The second-order valence-corrected chi connectivity index (χ2v) is 5.54. The van der Waals surface area contributed by atoms with E-state index in [0.717, 1.165) is 30.8 Å². The number of pyridine rings is 1. The van der Waals surface area contributed by atoms with Crippen LogP contribution in [-0.4, -0.2) is 16.1 Å². The molecule has 1 amide bonds. The summed E-state index contributed by atoms with van der Waals surface area (Å²) in [7, 11) is 0. The maximum absolute atomic E-state index is 11.7. The van der Waals surface area contributed by atoms with Crippen molar-refractivity contribution in [2.75, 3.05) is 5.32 Å². The number of nitrogens with zero attached hydrogens (tertiary/aromatic N) is 3. The number of carbonyl (C=O) groups excluding carboxylic acids is 1. The highest BCUT2D eigenvalue weighted by atomic mass is 79.9. The van der Waals surface area contributed by atoms with Crippen LogP contribution in [0.5, 0.6) is 0 Å². The molecule has 0 saturated heterocycles. The van der Waals surface area contributed by atoms with Crippen LogP contribution in [0.4, 0.5) is 5.13 Å². The van der Waals surface area contributed by atoms with Crippen molar-refractivity contribution in [2.24, 2.45) is 0 Å². The minimum Gasteiger partial charge on any atom is -1.00 e. The van der Waals surface area contributed by atoms with Crippen molar-refractivity contribution < 1.29 is 26.3 Å². The van der Waals surface area contributed by atoms with Gasteiger partial charge in [-0.25, -0.2) is 4.57 Å². The second-order valence-electron chi connectivity index (χ2n) is 4.47. The molecule has 2 heterocycles. The Kier molecular flexibility index (Phi) is 8.07. The predicted octanol–water partition coefficient (Wildman–Crippen LogP) is -0.799. The zero-order valence-corrected chi connectivity index (χ0v) is 14.4. The fraction of sp³-hybridized carbons (Fsp3) is 0.429. The first-order chi connectivity index (χ1) is 9.78. The number of aryl methyl sites for hydroxylation is 2.